The molecule has 0 bridgehead atoms. The van der Waals surface area contributed by atoms with Crippen molar-refractivity contribution in [3.63, 3.8) is 0 Å². The normalized spacial score (nSPS) is 11.6. The molecule has 9 aromatic rings. The molecule has 9 rings (SSSR count). The fraction of sp³-hybridized carbons (Fsp3) is 0. The Morgan fingerprint density at radius 1 is 0.432 bits per heavy atom. The first kappa shape index (κ1) is 24.6. The molecule has 206 valence electrons. The Bertz CT molecular complexity index is 2490. The monoisotopic (exact) mass is 562 g/mol. The molecule has 0 atom stereocenters. The van der Waals surface area contributed by atoms with E-state index in [9.17, 15) is 0 Å². The number of hydrogen-bond acceptors (Lipinski definition) is 2. The van der Waals surface area contributed by atoms with Crippen molar-refractivity contribution in [2.45, 2.75) is 0 Å². The molecule has 0 spiro atoms. The van der Waals surface area contributed by atoms with E-state index in [0.29, 0.717) is 0 Å². The number of para-hydroxylation sites is 4. The molecule has 0 saturated heterocycles. The first-order chi connectivity index (χ1) is 21.8. The van der Waals surface area contributed by atoms with Crippen LogP contribution in [0, 0.1) is 0 Å². The predicted molar refractivity (Wildman–Crippen MR) is 182 cm³/mol. The quantitative estimate of drug-likeness (QED) is 0.214. The van der Waals surface area contributed by atoms with E-state index in [-0.39, 0.29) is 0 Å². The number of furan rings is 1. The molecule has 6 aromatic carbocycles. The average Bonchev–Trinajstić information content (AvgIpc) is 3.64. The molecule has 0 aliphatic carbocycles. The lowest BCUT2D eigenvalue weighted by atomic mass is 9.98. The summed E-state index contributed by atoms with van der Waals surface area (Å²) in [5.74, 6) is 0. The van der Waals surface area contributed by atoms with Gasteiger partial charge in [0.25, 0.3) is 0 Å². The van der Waals surface area contributed by atoms with E-state index >= 15 is 0 Å². The van der Waals surface area contributed by atoms with Crippen molar-refractivity contribution in [2.24, 2.45) is 0 Å². The van der Waals surface area contributed by atoms with E-state index < -0.39 is 0 Å². The molecule has 3 aromatic heterocycles. The van der Waals surface area contributed by atoms with Crippen LogP contribution < -0.4 is 0 Å². The van der Waals surface area contributed by atoms with Crippen molar-refractivity contribution in [3.8, 4) is 39.3 Å². The van der Waals surface area contributed by atoms with Gasteiger partial charge >= 0.3 is 0 Å². The minimum absolute atomic E-state index is 0.860. The van der Waals surface area contributed by atoms with Crippen molar-refractivity contribution in [1.29, 1.82) is 0 Å². The lowest BCUT2D eigenvalue weighted by molar-refractivity contribution is 0.670. The van der Waals surface area contributed by atoms with Crippen molar-refractivity contribution >= 4 is 43.7 Å². The molecule has 0 aliphatic heterocycles. The highest BCUT2D eigenvalue weighted by molar-refractivity contribution is 6.11. The molecule has 44 heavy (non-hydrogen) atoms. The van der Waals surface area contributed by atoms with Crippen LogP contribution in [0.1, 0.15) is 0 Å². The predicted octanol–water partition coefficient (Wildman–Crippen LogP) is 11.1. The van der Waals surface area contributed by atoms with E-state index in [1.54, 1.807) is 0 Å². The molecule has 0 amide bonds. The number of hydrogen-bond donors (Lipinski definition) is 0. The van der Waals surface area contributed by atoms with Crippen LogP contribution in [0.3, 0.4) is 0 Å². The van der Waals surface area contributed by atoms with Crippen LogP contribution in [-0.2, 0) is 0 Å². The van der Waals surface area contributed by atoms with Crippen LogP contribution in [0.2, 0.25) is 0 Å². The Morgan fingerprint density at radius 3 is 1.98 bits per heavy atom. The minimum Gasteiger partial charge on any atom is -0.455 e. The number of fused-ring (bicyclic) bond motifs is 6. The molecular formula is C41H26N2O. The summed E-state index contributed by atoms with van der Waals surface area (Å²) >= 11 is 0. The lowest BCUT2D eigenvalue weighted by Crippen LogP contribution is -1.93. The molecule has 0 saturated carbocycles. The summed E-state index contributed by atoms with van der Waals surface area (Å²) in [5, 5.41) is 4.67. The number of aromatic nitrogens is 2. The third kappa shape index (κ3) is 3.87. The maximum atomic E-state index is 6.44. The molecule has 3 heteroatoms. The van der Waals surface area contributed by atoms with Gasteiger partial charge in [-0.3, -0.25) is 0 Å². The second-order valence-corrected chi connectivity index (χ2v) is 11.2. The Balaban J connectivity index is 1.29. The Morgan fingerprint density at radius 2 is 1.11 bits per heavy atom. The Hall–Kier alpha value is -5.93. The van der Waals surface area contributed by atoms with E-state index in [1.807, 2.05) is 18.2 Å². The van der Waals surface area contributed by atoms with Gasteiger partial charge < -0.3 is 8.98 Å². The van der Waals surface area contributed by atoms with Gasteiger partial charge in [-0.25, -0.2) is 4.98 Å². The number of benzene rings is 6. The maximum absolute atomic E-state index is 6.44. The summed E-state index contributed by atoms with van der Waals surface area (Å²) in [5.41, 5.74) is 11.4. The van der Waals surface area contributed by atoms with Crippen molar-refractivity contribution in [3.05, 3.63) is 158 Å². The van der Waals surface area contributed by atoms with Crippen LogP contribution in [0.5, 0.6) is 0 Å². The lowest BCUT2D eigenvalue weighted by Gasteiger charge is -2.11. The van der Waals surface area contributed by atoms with E-state index in [4.69, 9.17) is 9.40 Å². The summed E-state index contributed by atoms with van der Waals surface area (Å²) in [7, 11) is 0. The molecule has 0 fully saturated rings. The fourth-order valence-electron chi connectivity index (χ4n) is 6.55. The van der Waals surface area contributed by atoms with Gasteiger partial charge in [-0.15, -0.1) is 0 Å². The van der Waals surface area contributed by atoms with Crippen LogP contribution in [0.25, 0.3) is 83.1 Å². The van der Waals surface area contributed by atoms with Gasteiger partial charge in [-0.05, 0) is 65.7 Å². The van der Waals surface area contributed by atoms with Crippen molar-refractivity contribution in [2.75, 3.05) is 0 Å². The van der Waals surface area contributed by atoms with Crippen molar-refractivity contribution in [1.82, 2.24) is 9.55 Å². The molecule has 0 aliphatic rings. The van der Waals surface area contributed by atoms with Gasteiger partial charge in [-0.1, -0.05) is 103 Å². The summed E-state index contributed by atoms with van der Waals surface area (Å²) in [6.07, 6.45) is 0. The molecule has 3 nitrogen and oxygen atoms in total. The molecule has 0 N–H and O–H groups in total. The topological polar surface area (TPSA) is 31.0 Å². The maximum Gasteiger partial charge on any atom is 0.144 e. The zero-order valence-electron chi connectivity index (χ0n) is 23.8. The van der Waals surface area contributed by atoms with Gasteiger partial charge in [0.2, 0.25) is 0 Å². The SMILES string of the molecule is c1ccc(-c2cc(-c3ccc4c(c3)c3ccccc3n4-c3ccccc3)cc(-c3cccc4c3oc3ccccc34)n2)cc1. The highest BCUT2D eigenvalue weighted by Crippen LogP contribution is 2.39. The van der Waals surface area contributed by atoms with Crippen LogP contribution >= 0.6 is 0 Å². The van der Waals surface area contributed by atoms with Crippen molar-refractivity contribution < 1.29 is 4.42 Å². The van der Waals surface area contributed by atoms with Gasteiger partial charge in [-0.2, -0.15) is 0 Å². The van der Waals surface area contributed by atoms with Crippen LogP contribution in [0.4, 0.5) is 0 Å². The fourth-order valence-corrected chi connectivity index (χ4v) is 6.55. The number of pyridine rings is 1. The Kier molecular flexibility index (Phi) is 5.50. The number of rotatable bonds is 4. The zero-order chi connectivity index (χ0) is 29.0. The standard InChI is InChI=1S/C41H26N2O/c1-3-12-27(13-4-1)36-25-29(26-37(42-36)34-19-11-18-33-32-17-8-10-21-40(32)44-41(33)34)28-22-23-39-35(24-28)31-16-7-9-20-38(31)43(39)30-14-5-2-6-15-30/h1-26H. The first-order valence-electron chi connectivity index (χ1n) is 14.9. The zero-order valence-corrected chi connectivity index (χ0v) is 23.8. The van der Waals surface area contributed by atoms with E-state index in [2.05, 4.69) is 144 Å². The summed E-state index contributed by atoms with van der Waals surface area (Å²) < 4.78 is 8.79. The van der Waals surface area contributed by atoms with Gasteiger partial charge in [0.15, 0.2) is 0 Å². The second-order valence-electron chi connectivity index (χ2n) is 11.2. The molecule has 0 unspecified atom stereocenters. The highest BCUT2D eigenvalue weighted by atomic mass is 16.3. The smallest absolute Gasteiger partial charge is 0.144 e. The average molecular weight is 563 g/mol. The third-order valence-corrected chi connectivity index (χ3v) is 8.60. The number of nitrogens with zero attached hydrogens (tertiary/aromatic N) is 2. The minimum atomic E-state index is 0.860. The van der Waals surface area contributed by atoms with E-state index in [0.717, 1.165) is 61.3 Å². The van der Waals surface area contributed by atoms with Gasteiger partial charge in [0, 0.05) is 38.4 Å². The molecular weight excluding hydrogens is 536 g/mol. The molecule has 3 heterocycles. The summed E-state index contributed by atoms with van der Waals surface area (Å²) in [6, 6.07) is 55.4. The summed E-state index contributed by atoms with van der Waals surface area (Å²) in [6.45, 7) is 0. The first-order valence-corrected chi connectivity index (χ1v) is 14.9. The van der Waals surface area contributed by atoms with E-state index in [1.165, 1.54) is 21.8 Å². The van der Waals surface area contributed by atoms with Crippen LogP contribution in [0.15, 0.2) is 162 Å². The van der Waals surface area contributed by atoms with Gasteiger partial charge in [0.05, 0.1) is 22.4 Å². The summed E-state index contributed by atoms with van der Waals surface area (Å²) in [4.78, 5) is 5.21. The third-order valence-electron chi connectivity index (χ3n) is 8.60. The highest BCUT2D eigenvalue weighted by Gasteiger charge is 2.17. The van der Waals surface area contributed by atoms with Crippen LogP contribution in [-0.4, -0.2) is 9.55 Å². The largest absolute Gasteiger partial charge is 0.455 e. The van der Waals surface area contributed by atoms with Gasteiger partial charge in [0.1, 0.15) is 11.2 Å². The Labute approximate surface area is 254 Å². The molecule has 0 radical (unpaired) electrons. The second kappa shape index (κ2) is 9.82.